The SMILES string of the molecule is CN(C)C(=O)O.CN(C)C(=O)O.Cl. The van der Waals surface area contributed by atoms with E-state index in [1.165, 1.54) is 28.2 Å². The summed E-state index contributed by atoms with van der Waals surface area (Å²) >= 11 is 0. The van der Waals surface area contributed by atoms with E-state index in [0.717, 1.165) is 9.80 Å². The molecule has 80 valence electrons. The lowest BCUT2D eigenvalue weighted by Crippen LogP contribution is -2.18. The van der Waals surface area contributed by atoms with Gasteiger partial charge in [-0.25, -0.2) is 9.59 Å². The van der Waals surface area contributed by atoms with E-state index >= 15 is 0 Å². The molecule has 13 heavy (non-hydrogen) atoms. The molecule has 0 radical (unpaired) electrons. The van der Waals surface area contributed by atoms with E-state index < -0.39 is 12.2 Å². The van der Waals surface area contributed by atoms with Crippen LogP contribution in [0.15, 0.2) is 0 Å². The van der Waals surface area contributed by atoms with Crippen molar-refractivity contribution < 1.29 is 19.8 Å². The second kappa shape index (κ2) is 8.92. The molecule has 0 aliphatic carbocycles. The molecule has 0 aliphatic heterocycles. The molecule has 0 aromatic heterocycles. The van der Waals surface area contributed by atoms with E-state index in [1.807, 2.05) is 0 Å². The fourth-order valence-corrected chi connectivity index (χ4v) is 0. The number of amides is 2. The molecular formula is C6H15ClN2O4. The third-order valence-corrected chi connectivity index (χ3v) is 0.765. The highest BCUT2D eigenvalue weighted by molar-refractivity contribution is 5.85. The molecule has 0 aromatic rings. The molecule has 0 fully saturated rings. The van der Waals surface area contributed by atoms with E-state index in [-0.39, 0.29) is 12.4 Å². The number of hydrogen-bond acceptors (Lipinski definition) is 2. The highest BCUT2D eigenvalue weighted by Gasteiger charge is 1.92. The Labute approximate surface area is 83.2 Å². The Balaban J connectivity index is -0.000000143. The summed E-state index contributed by atoms with van der Waals surface area (Å²) in [5, 5.41) is 15.8. The Morgan fingerprint density at radius 2 is 0.923 bits per heavy atom. The highest BCUT2D eigenvalue weighted by Crippen LogP contribution is 1.70. The van der Waals surface area contributed by atoms with Crippen molar-refractivity contribution in [3.63, 3.8) is 0 Å². The maximum Gasteiger partial charge on any atom is 0.406 e. The first-order chi connectivity index (χ1) is 5.29. The normalized spacial score (nSPS) is 7.08. The number of carbonyl (C=O) groups is 2. The van der Waals surface area contributed by atoms with Crippen LogP contribution in [0, 0.1) is 0 Å². The molecule has 0 rings (SSSR count). The molecular weight excluding hydrogens is 200 g/mol. The van der Waals surface area contributed by atoms with Gasteiger partial charge in [-0.1, -0.05) is 0 Å². The first-order valence-corrected chi connectivity index (χ1v) is 3.09. The fourth-order valence-electron chi connectivity index (χ4n) is 0. The summed E-state index contributed by atoms with van der Waals surface area (Å²) < 4.78 is 0. The summed E-state index contributed by atoms with van der Waals surface area (Å²) in [6.45, 7) is 0. The van der Waals surface area contributed by atoms with Gasteiger partial charge in [-0.3, -0.25) is 0 Å². The number of carboxylic acid groups (broad SMARTS) is 2. The van der Waals surface area contributed by atoms with Crippen molar-refractivity contribution in [2.75, 3.05) is 28.2 Å². The zero-order valence-electron chi connectivity index (χ0n) is 8.01. The van der Waals surface area contributed by atoms with Crippen LogP contribution < -0.4 is 0 Å². The molecule has 0 spiro atoms. The van der Waals surface area contributed by atoms with Gasteiger partial charge in [0, 0.05) is 28.2 Å². The van der Waals surface area contributed by atoms with Crippen LogP contribution in [0.5, 0.6) is 0 Å². The van der Waals surface area contributed by atoms with E-state index in [2.05, 4.69) is 0 Å². The Bertz CT molecular complexity index is 143. The second-order valence-corrected chi connectivity index (χ2v) is 2.35. The molecule has 0 aliphatic rings. The average molecular weight is 215 g/mol. The minimum atomic E-state index is -0.907. The minimum Gasteiger partial charge on any atom is -0.465 e. The molecule has 2 amide bonds. The predicted octanol–water partition coefficient (Wildman–Crippen LogP) is 0.874. The highest BCUT2D eigenvalue weighted by atomic mass is 35.5. The third-order valence-electron chi connectivity index (χ3n) is 0.765. The van der Waals surface area contributed by atoms with Crippen LogP contribution in [0.2, 0.25) is 0 Å². The predicted molar refractivity (Wildman–Crippen MR) is 50.7 cm³/mol. The van der Waals surface area contributed by atoms with Crippen molar-refractivity contribution in [1.82, 2.24) is 9.80 Å². The monoisotopic (exact) mass is 214 g/mol. The molecule has 0 saturated heterocycles. The quantitative estimate of drug-likeness (QED) is 0.627. The maximum atomic E-state index is 9.62. The van der Waals surface area contributed by atoms with Crippen molar-refractivity contribution in [1.29, 1.82) is 0 Å². The number of rotatable bonds is 0. The smallest absolute Gasteiger partial charge is 0.406 e. The number of nitrogens with zero attached hydrogens (tertiary/aromatic N) is 2. The zero-order chi connectivity index (χ0) is 10.3. The maximum absolute atomic E-state index is 9.62. The van der Waals surface area contributed by atoms with E-state index in [9.17, 15) is 9.59 Å². The van der Waals surface area contributed by atoms with Gasteiger partial charge in [0.25, 0.3) is 0 Å². The van der Waals surface area contributed by atoms with Crippen LogP contribution in [-0.4, -0.2) is 60.4 Å². The lowest BCUT2D eigenvalue weighted by Gasteiger charge is -1.99. The van der Waals surface area contributed by atoms with E-state index in [0.29, 0.717) is 0 Å². The Hall–Kier alpha value is -1.17. The van der Waals surface area contributed by atoms with E-state index in [4.69, 9.17) is 10.2 Å². The van der Waals surface area contributed by atoms with Gasteiger partial charge < -0.3 is 20.0 Å². The molecule has 0 bridgehead atoms. The van der Waals surface area contributed by atoms with Gasteiger partial charge in [0.1, 0.15) is 0 Å². The van der Waals surface area contributed by atoms with Gasteiger partial charge >= 0.3 is 12.2 Å². The largest absolute Gasteiger partial charge is 0.465 e. The zero-order valence-corrected chi connectivity index (χ0v) is 8.83. The van der Waals surface area contributed by atoms with E-state index in [1.54, 1.807) is 0 Å². The van der Waals surface area contributed by atoms with Crippen LogP contribution in [0.3, 0.4) is 0 Å². The van der Waals surface area contributed by atoms with Gasteiger partial charge in [-0.15, -0.1) is 12.4 Å². The minimum absolute atomic E-state index is 0. The standard InChI is InChI=1S/2C3H7NO2.ClH/c2*1-4(2)3(5)6;/h2*1-2H3,(H,5,6);1H. The van der Waals surface area contributed by atoms with Crippen molar-refractivity contribution in [3.05, 3.63) is 0 Å². The lowest BCUT2D eigenvalue weighted by atomic mass is 10.9. The lowest BCUT2D eigenvalue weighted by molar-refractivity contribution is 0.164. The summed E-state index contributed by atoms with van der Waals surface area (Å²) in [5.41, 5.74) is 0. The van der Waals surface area contributed by atoms with Crippen molar-refractivity contribution in [3.8, 4) is 0 Å². The van der Waals surface area contributed by atoms with Crippen LogP contribution in [0.4, 0.5) is 9.59 Å². The Morgan fingerprint density at radius 1 is 0.846 bits per heavy atom. The van der Waals surface area contributed by atoms with Gasteiger partial charge in [-0.2, -0.15) is 0 Å². The fraction of sp³-hybridized carbons (Fsp3) is 0.667. The molecule has 0 atom stereocenters. The summed E-state index contributed by atoms with van der Waals surface area (Å²) in [4.78, 5) is 21.4. The summed E-state index contributed by atoms with van der Waals surface area (Å²) in [7, 11) is 5.90. The number of halogens is 1. The van der Waals surface area contributed by atoms with Crippen molar-refractivity contribution in [2.24, 2.45) is 0 Å². The molecule has 6 nitrogen and oxygen atoms in total. The summed E-state index contributed by atoms with van der Waals surface area (Å²) in [6, 6.07) is 0. The van der Waals surface area contributed by atoms with Crippen LogP contribution in [-0.2, 0) is 0 Å². The first-order valence-electron chi connectivity index (χ1n) is 3.09. The third kappa shape index (κ3) is 18.1. The molecule has 2 N–H and O–H groups in total. The van der Waals surface area contributed by atoms with Gasteiger partial charge in [0.2, 0.25) is 0 Å². The van der Waals surface area contributed by atoms with Gasteiger partial charge in [0.05, 0.1) is 0 Å². The second-order valence-electron chi connectivity index (χ2n) is 2.35. The molecule has 7 heteroatoms. The number of hydrogen-bond donors (Lipinski definition) is 2. The first kappa shape index (κ1) is 17.8. The average Bonchev–Trinajstić information content (AvgIpc) is 1.88. The molecule has 0 unspecified atom stereocenters. The topological polar surface area (TPSA) is 81.1 Å². The van der Waals surface area contributed by atoms with Crippen molar-refractivity contribution >= 4 is 24.6 Å². The molecule has 0 heterocycles. The van der Waals surface area contributed by atoms with Crippen molar-refractivity contribution in [2.45, 2.75) is 0 Å². The van der Waals surface area contributed by atoms with Gasteiger partial charge in [0.15, 0.2) is 0 Å². The molecule has 0 saturated carbocycles. The molecule has 0 aromatic carbocycles. The van der Waals surface area contributed by atoms with Crippen LogP contribution >= 0.6 is 12.4 Å². The van der Waals surface area contributed by atoms with Gasteiger partial charge in [-0.05, 0) is 0 Å². The summed E-state index contributed by atoms with van der Waals surface area (Å²) in [5.74, 6) is 0. The Kier molecular flexibility index (Phi) is 12.2. The van der Waals surface area contributed by atoms with Crippen LogP contribution in [0.1, 0.15) is 0 Å². The van der Waals surface area contributed by atoms with Crippen LogP contribution in [0.25, 0.3) is 0 Å². The summed E-state index contributed by atoms with van der Waals surface area (Å²) in [6.07, 6.45) is -1.81. The Morgan fingerprint density at radius 3 is 0.923 bits per heavy atom.